The van der Waals surface area contributed by atoms with Crippen molar-refractivity contribution in [3.8, 4) is 0 Å². The maximum atomic E-state index is 12.8. The van der Waals surface area contributed by atoms with Crippen molar-refractivity contribution in [3.63, 3.8) is 0 Å². The van der Waals surface area contributed by atoms with Crippen molar-refractivity contribution in [1.29, 1.82) is 0 Å². The molecule has 2 N–H and O–H groups in total. The van der Waals surface area contributed by atoms with Crippen LogP contribution in [-0.2, 0) is 4.74 Å². The summed E-state index contributed by atoms with van der Waals surface area (Å²) in [5, 5.41) is 6.96. The summed E-state index contributed by atoms with van der Waals surface area (Å²) in [5.74, 6) is 1.41. The molecule has 2 aromatic rings. The molecule has 0 spiro atoms. The number of aromatic nitrogens is 2. The molecule has 6 heteroatoms. The Labute approximate surface area is 173 Å². The zero-order valence-electron chi connectivity index (χ0n) is 18.0. The van der Waals surface area contributed by atoms with E-state index in [4.69, 9.17) is 9.72 Å². The summed E-state index contributed by atoms with van der Waals surface area (Å²) in [6.45, 7) is 7.87. The van der Waals surface area contributed by atoms with Gasteiger partial charge in [-0.1, -0.05) is 33.1 Å². The second-order valence-electron chi connectivity index (χ2n) is 8.92. The standard InChI is InChI=1S/C23H34N4O2/c1-15(2)21-22(24-18-7-5-4-6-8-18)27-16(3)13-17(14-20(27)26-21)23(28)25-19-9-11-29-12-10-19/h13-15,18-19,24H,4-12H2,1-3H3,(H,25,28). The number of ether oxygens (including phenoxy) is 1. The fraction of sp³-hybridized carbons (Fsp3) is 0.652. The molecule has 3 heterocycles. The Morgan fingerprint density at radius 1 is 1.10 bits per heavy atom. The number of aryl methyl sites for hydroxylation is 1. The lowest BCUT2D eigenvalue weighted by Crippen LogP contribution is -2.38. The monoisotopic (exact) mass is 398 g/mol. The Morgan fingerprint density at radius 2 is 1.83 bits per heavy atom. The number of hydrogen-bond acceptors (Lipinski definition) is 4. The average Bonchev–Trinajstić information content (AvgIpc) is 3.08. The Hall–Kier alpha value is -2.08. The van der Waals surface area contributed by atoms with Crippen molar-refractivity contribution in [2.24, 2.45) is 0 Å². The van der Waals surface area contributed by atoms with Crippen molar-refractivity contribution in [1.82, 2.24) is 14.7 Å². The fourth-order valence-electron chi connectivity index (χ4n) is 4.60. The number of anilines is 1. The number of hydrogen-bond donors (Lipinski definition) is 2. The largest absolute Gasteiger partial charge is 0.381 e. The summed E-state index contributed by atoms with van der Waals surface area (Å²) in [7, 11) is 0. The molecule has 0 atom stereocenters. The quantitative estimate of drug-likeness (QED) is 0.782. The van der Waals surface area contributed by atoms with Gasteiger partial charge in [-0.2, -0.15) is 0 Å². The molecule has 6 nitrogen and oxygen atoms in total. The van der Waals surface area contributed by atoms with E-state index in [9.17, 15) is 4.79 Å². The van der Waals surface area contributed by atoms with Crippen LogP contribution in [0.1, 0.15) is 86.5 Å². The van der Waals surface area contributed by atoms with Gasteiger partial charge in [0.2, 0.25) is 0 Å². The van der Waals surface area contributed by atoms with E-state index in [1.807, 2.05) is 12.1 Å². The van der Waals surface area contributed by atoms with Crippen molar-refractivity contribution in [2.75, 3.05) is 18.5 Å². The summed E-state index contributed by atoms with van der Waals surface area (Å²) >= 11 is 0. The molecule has 2 aliphatic rings. The van der Waals surface area contributed by atoms with Crippen LogP contribution in [0.4, 0.5) is 5.82 Å². The number of imidazole rings is 1. The van der Waals surface area contributed by atoms with E-state index >= 15 is 0 Å². The van der Waals surface area contributed by atoms with E-state index in [1.54, 1.807) is 0 Å². The van der Waals surface area contributed by atoms with Gasteiger partial charge < -0.3 is 15.4 Å². The Kier molecular flexibility index (Phi) is 6.09. The molecule has 0 unspecified atom stereocenters. The highest BCUT2D eigenvalue weighted by Crippen LogP contribution is 2.30. The van der Waals surface area contributed by atoms with E-state index in [2.05, 4.69) is 35.8 Å². The topological polar surface area (TPSA) is 67.7 Å². The van der Waals surface area contributed by atoms with Crippen molar-refractivity contribution in [3.05, 3.63) is 29.1 Å². The third-order valence-electron chi connectivity index (χ3n) is 6.24. The molecule has 2 aromatic heterocycles. The number of pyridine rings is 1. The van der Waals surface area contributed by atoms with Crippen LogP contribution in [0, 0.1) is 6.92 Å². The zero-order valence-corrected chi connectivity index (χ0v) is 18.0. The van der Waals surface area contributed by atoms with Crippen molar-refractivity contribution < 1.29 is 9.53 Å². The number of nitrogens with one attached hydrogen (secondary N) is 2. The Balaban J connectivity index is 1.63. The molecule has 4 rings (SSSR count). The van der Waals surface area contributed by atoms with Gasteiger partial charge in [0.1, 0.15) is 11.5 Å². The summed E-state index contributed by atoms with van der Waals surface area (Å²) in [4.78, 5) is 17.8. The van der Waals surface area contributed by atoms with E-state index in [-0.39, 0.29) is 11.9 Å². The van der Waals surface area contributed by atoms with Crippen LogP contribution in [0.3, 0.4) is 0 Å². The predicted molar refractivity (Wildman–Crippen MR) is 116 cm³/mol. The molecule has 0 aromatic carbocycles. The van der Waals surface area contributed by atoms with Gasteiger partial charge in [0.05, 0.1) is 5.69 Å². The molecule has 0 bridgehead atoms. The van der Waals surface area contributed by atoms with Gasteiger partial charge in [-0.15, -0.1) is 0 Å². The second kappa shape index (κ2) is 8.74. The van der Waals surface area contributed by atoms with E-state index in [0.29, 0.717) is 17.5 Å². The van der Waals surface area contributed by atoms with Crippen LogP contribution >= 0.6 is 0 Å². The SMILES string of the molecule is Cc1cc(C(=O)NC2CCOCC2)cc2nc(C(C)C)c(NC3CCCCC3)n12. The molecule has 1 aliphatic heterocycles. The zero-order chi connectivity index (χ0) is 20.4. The van der Waals surface area contributed by atoms with Crippen molar-refractivity contribution >= 4 is 17.4 Å². The lowest BCUT2D eigenvalue weighted by molar-refractivity contribution is 0.0696. The Bertz CT molecular complexity index is 861. The molecule has 1 aliphatic carbocycles. The number of carbonyl (C=O) groups is 1. The van der Waals surface area contributed by atoms with Crippen LogP contribution in [0.5, 0.6) is 0 Å². The first-order valence-electron chi connectivity index (χ1n) is 11.2. The lowest BCUT2D eigenvalue weighted by atomic mass is 9.95. The molecular weight excluding hydrogens is 364 g/mol. The second-order valence-corrected chi connectivity index (χ2v) is 8.92. The van der Waals surface area contributed by atoms with E-state index < -0.39 is 0 Å². The van der Waals surface area contributed by atoms with Gasteiger partial charge in [0.25, 0.3) is 5.91 Å². The minimum absolute atomic E-state index is 0.0154. The maximum absolute atomic E-state index is 12.8. The number of carbonyl (C=O) groups excluding carboxylic acids is 1. The first kappa shape index (κ1) is 20.2. The van der Waals surface area contributed by atoms with Gasteiger partial charge in [-0.25, -0.2) is 4.98 Å². The minimum atomic E-state index is -0.0154. The van der Waals surface area contributed by atoms with Crippen molar-refractivity contribution in [2.45, 2.75) is 83.7 Å². The van der Waals surface area contributed by atoms with Crippen LogP contribution < -0.4 is 10.6 Å². The number of amides is 1. The summed E-state index contributed by atoms with van der Waals surface area (Å²) in [6.07, 6.45) is 8.12. The lowest BCUT2D eigenvalue weighted by Gasteiger charge is -2.25. The highest BCUT2D eigenvalue weighted by molar-refractivity contribution is 5.95. The molecule has 158 valence electrons. The number of nitrogens with zero attached hydrogens (tertiary/aromatic N) is 2. The van der Waals surface area contributed by atoms with E-state index in [1.165, 1.54) is 32.1 Å². The normalized spacial score (nSPS) is 19.0. The summed E-state index contributed by atoms with van der Waals surface area (Å²) in [5.41, 5.74) is 3.66. The number of fused-ring (bicyclic) bond motifs is 1. The fourth-order valence-corrected chi connectivity index (χ4v) is 4.60. The number of rotatable bonds is 5. The van der Waals surface area contributed by atoms with Gasteiger partial charge >= 0.3 is 0 Å². The van der Waals surface area contributed by atoms with Crippen LogP contribution in [0.2, 0.25) is 0 Å². The highest BCUT2D eigenvalue weighted by atomic mass is 16.5. The van der Waals surface area contributed by atoms with Crippen LogP contribution in [-0.4, -0.2) is 40.6 Å². The van der Waals surface area contributed by atoms with Gasteiger partial charge in [0, 0.05) is 36.6 Å². The highest BCUT2D eigenvalue weighted by Gasteiger charge is 2.23. The molecule has 2 fully saturated rings. The molecular formula is C23H34N4O2. The van der Waals surface area contributed by atoms with Gasteiger partial charge in [0.15, 0.2) is 0 Å². The first-order chi connectivity index (χ1) is 14.0. The molecule has 1 amide bonds. The summed E-state index contributed by atoms with van der Waals surface area (Å²) in [6, 6.07) is 4.62. The summed E-state index contributed by atoms with van der Waals surface area (Å²) < 4.78 is 7.58. The molecule has 1 saturated heterocycles. The van der Waals surface area contributed by atoms with Gasteiger partial charge in [-0.05, 0) is 50.7 Å². The van der Waals surface area contributed by atoms with Crippen LogP contribution in [0.25, 0.3) is 5.65 Å². The van der Waals surface area contributed by atoms with Gasteiger partial charge in [-0.3, -0.25) is 9.20 Å². The Morgan fingerprint density at radius 3 is 2.52 bits per heavy atom. The smallest absolute Gasteiger partial charge is 0.251 e. The molecule has 1 saturated carbocycles. The minimum Gasteiger partial charge on any atom is -0.381 e. The molecule has 29 heavy (non-hydrogen) atoms. The van der Waals surface area contributed by atoms with Crippen LogP contribution in [0.15, 0.2) is 12.1 Å². The third kappa shape index (κ3) is 4.42. The predicted octanol–water partition coefficient (Wildman–Crippen LogP) is 4.42. The molecule has 0 radical (unpaired) electrons. The van der Waals surface area contributed by atoms with E-state index in [0.717, 1.165) is 48.9 Å². The maximum Gasteiger partial charge on any atom is 0.251 e. The average molecular weight is 399 g/mol. The first-order valence-corrected chi connectivity index (χ1v) is 11.2. The third-order valence-corrected chi connectivity index (χ3v) is 6.24.